The van der Waals surface area contributed by atoms with Crippen molar-refractivity contribution in [3.05, 3.63) is 33.3 Å². The maximum Gasteiger partial charge on any atom is 0.329 e. The van der Waals surface area contributed by atoms with E-state index in [2.05, 4.69) is 21.2 Å². The van der Waals surface area contributed by atoms with Gasteiger partial charge in [0.05, 0.1) is 5.02 Å². The Kier molecular flexibility index (Phi) is 4.76. The normalized spacial score (nSPS) is 13.8. The summed E-state index contributed by atoms with van der Waals surface area (Å²) < 4.78 is 0.678. The molecule has 6 heteroatoms. The molecule has 98 valence electrons. The Balaban J connectivity index is 2.95. The third kappa shape index (κ3) is 3.23. The predicted molar refractivity (Wildman–Crippen MR) is 73.0 cm³/mol. The summed E-state index contributed by atoms with van der Waals surface area (Å²) in [4.78, 5) is 23.0. The summed E-state index contributed by atoms with van der Waals surface area (Å²) in [6, 6.07) is 4.70. The van der Waals surface area contributed by atoms with E-state index in [0.29, 0.717) is 21.5 Å². The van der Waals surface area contributed by atoms with Gasteiger partial charge in [0, 0.05) is 10.0 Å². The van der Waals surface area contributed by atoms with Crippen molar-refractivity contribution in [1.82, 2.24) is 5.32 Å². The summed E-state index contributed by atoms with van der Waals surface area (Å²) in [6.45, 7) is 3.16. The summed E-state index contributed by atoms with van der Waals surface area (Å²) >= 11 is 9.10. The molecule has 1 amide bonds. The van der Waals surface area contributed by atoms with Crippen LogP contribution in [0, 0.1) is 0 Å². The molecule has 1 rings (SSSR count). The Hall–Kier alpha value is -1.07. The number of nitrogens with one attached hydrogen (secondary N) is 1. The van der Waals surface area contributed by atoms with E-state index in [9.17, 15) is 9.59 Å². The van der Waals surface area contributed by atoms with Gasteiger partial charge in [-0.3, -0.25) is 4.79 Å². The van der Waals surface area contributed by atoms with Crippen LogP contribution < -0.4 is 5.32 Å². The van der Waals surface area contributed by atoms with Gasteiger partial charge in [0.25, 0.3) is 5.91 Å². The molecule has 0 radical (unpaired) electrons. The largest absolute Gasteiger partial charge is 0.480 e. The number of hydrogen-bond donors (Lipinski definition) is 2. The van der Waals surface area contributed by atoms with Crippen LogP contribution in [0.3, 0.4) is 0 Å². The highest BCUT2D eigenvalue weighted by atomic mass is 79.9. The van der Waals surface area contributed by atoms with Gasteiger partial charge in [-0.2, -0.15) is 0 Å². The maximum atomic E-state index is 11.9. The number of carboxylic acid groups (broad SMARTS) is 1. The summed E-state index contributed by atoms with van der Waals surface area (Å²) in [6.07, 6.45) is 0.290. The standard InChI is InChI=1S/C12H13BrClNO3/c1-3-12(2,11(17)18)15-10(16)7-4-5-8(13)9(14)6-7/h4-6H,3H2,1-2H3,(H,15,16)(H,17,18). The van der Waals surface area contributed by atoms with Gasteiger partial charge in [-0.15, -0.1) is 0 Å². The molecule has 18 heavy (non-hydrogen) atoms. The molecule has 0 saturated carbocycles. The lowest BCUT2D eigenvalue weighted by molar-refractivity contribution is -0.143. The smallest absolute Gasteiger partial charge is 0.329 e. The van der Waals surface area contributed by atoms with Crippen LogP contribution in [0.1, 0.15) is 30.6 Å². The molecule has 0 spiro atoms. The Morgan fingerprint density at radius 2 is 2.11 bits per heavy atom. The number of carbonyl (C=O) groups is 2. The second-order valence-electron chi connectivity index (χ2n) is 4.07. The van der Waals surface area contributed by atoms with E-state index in [1.54, 1.807) is 19.1 Å². The minimum absolute atomic E-state index is 0.290. The van der Waals surface area contributed by atoms with Crippen molar-refractivity contribution >= 4 is 39.4 Å². The molecule has 0 bridgehead atoms. The molecule has 2 N–H and O–H groups in total. The molecule has 1 atom stereocenters. The van der Waals surface area contributed by atoms with Gasteiger partial charge >= 0.3 is 5.97 Å². The van der Waals surface area contributed by atoms with Crippen molar-refractivity contribution in [2.45, 2.75) is 25.8 Å². The first kappa shape index (κ1) is 15.0. The van der Waals surface area contributed by atoms with Crippen LogP contribution in [-0.2, 0) is 4.79 Å². The first-order chi connectivity index (χ1) is 8.30. The van der Waals surface area contributed by atoms with Gasteiger partial charge in [-0.25, -0.2) is 4.79 Å². The van der Waals surface area contributed by atoms with Crippen molar-refractivity contribution in [3.8, 4) is 0 Å². The molecule has 0 aliphatic heterocycles. The summed E-state index contributed by atoms with van der Waals surface area (Å²) in [7, 11) is 0. The lowest BCUT2D eigenvalue weighted by atomic mass is 9.98. The van der Waals surface area contributed by atoms with Crippen LogP contribution in [-0.4, -0.2) is 22.5 Å². The monoisotopic (exact) mass is 333 g/mol. The molecule has 0 aliphatic rings. The zero-order valence-electron chi connectivity index (χ0n) is 9.96. The van der Waals surface area contributed by atoms with Crippen molar-refractivity contribution in [3.63, 3.8) is 0 Å². The number of amides is 1. The molecular weight excluding hydrogens is 321 g/mol. The van der Waals surface area contributed by atoms with Crippen LogP contribution in [0.15, 0.2) is 22.7 Å². The predicted octanol–water partition coefficient (Wildman–Crippen LogP) is 3.09. The molecule has 1 aromatic carbocycles. The van der Waals surface area contributed by atoms with Gasteiger partial charge in [-0.1, -0.05) is 18.5 Å². The lowest BCUT2D eigenvalue weighted by Gasteiger charge is -2.24. The average molecular weight is 335 g/mol. The number of aliphatic carboxylic acids is 1. The molecule has 4 nitrogen and oxygen atoms in total. The maximum absolute atomic E-state index is 11.9. The van der Waals surface area contributed by atoms with Crippen molar-refractivity contribution in [1.29, 1.82) is 0 Å². The zero-order chi connectivity index (χ0) is 13.9. The highest BCUT2D eigenvalue weighted by Crippen LogP contribution is 2.23. The lowest BCUT2D eigenvalue weighted by Crippen LogP contribution is -2.51. The second kappa shape index (κ2) is 5.71. The topological polar surface area (TPSA) is 66.4 Å². The number of hydrogen-bond acceptors (Lipinski definition) is 2. The van der Waals surface area contributed by atoms with E-state index >= 15 is 0 Å². The van der Waals surface area contributed by atoms with Gasteiger partial charge < -0.3 is 10.4 Å². The molecule has 1 unspecified atom stereocenters. The molecule has 0 saturated heterocycles. The fourth-order valence-electron chi connectivity index (χ4n) is 1.25. The van der Waals surface area contributed by atoms with Crippen molar-refractivity contribution in [2.24, 2.45) is 0 Å². The van der Waals surface area contributed by atoms with Crippen LogP contribution >= 0.6 is 27.5 Å². The number of benzene rings is 1. The number of carbonyl (C=O) groups excluding carboxylic acids is 1. The quantitative estimate of drug-likeness (QED) is 0.889. The van der Waals surface area contributed by atoms with E-state index in [4.69, 9.17) is 16.7 Å². The minimum atomic E-state index is -1.28. The molecule has 0 aliphatic carbocycles. The van der Waals surface area contributed by atoms with Gasteiger partial charge in [0.1, 0.15) is 5.54 Å². The Morgan fingerprint density at radius 1 is 1.50 bits per heavy atom. The molecule has 1 aromatic rings. The van der Waals surface area contributed by atoms with E-state index in [-0.39, 0.29) is 0 Å². The SMILES string of the molecule is CCC(C)(NC(=O)c1ccc(Br)c(Cl)c1)C(=O)O. The number of rotatable bonds is 4. The van der Waals surface area contributed by atoms with Gasteiger partial charge in [0.2, 0.25) is 0 Å². The summed E-state index contributed by atoms with van der Waals surface area (Å²) in [5, 5.41) is 12.0. The van der Waals surface area contributed by atoms with Crippen molar-refractivity contribution < 1.29 is 14.7 Å². The van der Waals surface area contributed by atoms with E-state index in [0.717, 1.165) is 0 Å². The Bertz CT molecular complexity index is 492. The average Bonchev–Trinajstić information content (AvgIpc) is 2.32. The Morgan fingerprint density at radius 3 is 2.56 bits per heavy atom. The Labute approximate surface area is 118 Å². The third-order valence-electron chi connectivity index (χ3n) is 2.75. The van der Waals surface area contributed by atoms with Crippen LogP contribution in [0.25, 0.3) is 0 Å². The van der Waals surface area contributed by atoms with E-state index in [1.165, 1.54) is 13.0 Å². The third-order valence-corrected chi connectivity index (χ3v) is 3.98. The van der Waals surface area contributed by atoms with Gasteiger partial charge in [0.15, 0.2) is 0 Å². The highest BCUT2D eigenvalue weighted by Gasteiger charge is 2.33. The zero-order valence-corrected chi connectivity index (χ0v) is 12.3. The summed E-state index contributed by atoms with van der Waals surface area (Å²) in [5.41, 5.74) is -0.958. The molecule has 0 aromatic heterocycles. The van der Waals surface area contributed by atoms with E-state index < -0.39 is 17.4 Å². The fraction of sp³-hybridized carbons (Fsp3) is 0.333. The molecular formula is C12H13BrClNO3. The minimum Gasteiger partial charge on any atom is -0.480 e. The number of carboxylic acids is 1. The molecule has 0 fully saturated rings. The summed E-state index contributed by atoms with van der Waals surface area (Å²) in [5.74, 6) is -1.53. The van der Waals surface area contributed by atoms with Crippen LogP contribution in [0.4, 0.5) is 0 Å². The molecule has 0 heterocycles. The highest BCUT2D eigenvalue weighted by molar-refractivity contribution is 9.10. The second-order valence-corrected chi connectivity index (χ2v) is 5.34. The first-order valence-corrected chi connectivity index (χ1v) is 6.48. The first-order valence-electron chi connectivity index (χ1n) is 5.31. The number of halogens is 2. The van der Waals surface area contributed by atoms with Gasteiger partial charge in [-0.05, 0) is 47.5 Å². The van der Waals surface area contributed by atoms with Crippen LogP contribution in [0.5, 0.6) is 0 Å². The van der Waals surface area contributed by atoms with Crippen molar-refractivity contribution in [2.75, 3.05) is 0 Å². The fourth-order valence-corrected chi connectivity index (χ4v) is 1.68. The van der Waals surface area contributed by atoms with E-state index in [1.807, 2.05) is 0 Å². The van der Waals surface area contributed by atoms with Crippen LogP contribution in [0.2, 0.25) is 5.02 Å².